The van der Waals surface area contributed by atoms with Crippen LogP contribution in [0.5, 0.6) is 5.75 Å². The molecule has 39 heavy (non-hydrogen) atoms. The largest absolute Gasteiger partial charge is 0.507 e. The van der Waals surface area contributed by atoms with Crippen LogP contribution >= 0.6 is 11.6 Å². The molecule has 0 aliphatic carbocycles. The maximum Gasteiger partial charge on any atom is 0.302 e. The lowest BCUT2D eigenvalue weighted by molar-refractivity contribution is -0.132. The molecule has 1 aromatic heterocycles. The van der Waals surface area contributed by atoms with Crippen molar-refractivity contribution in [1.29, 1.82) is 0 Å². The molecule has 0 radical (unpaired) electrons. The molecule has 2 heterocycles. The number of aliphatic hydroxyl groups excluding tert-OH is 1. The van der Waals surface area contributed by atoms with Crippen LogP contribution in [0.1, 0.15) is 50.4 Å². The van der Waals surface area contributed by atoms with Gasteiger partial charge in [0.15, 0.2) is 0 Å². The highest BCUT2D eigenvalue weighted by Crippen LogP contribution is 2.43. The number of rotatable bonds is 5. The highest BCUT2D eigenvalue weighted by Gasteiger charge is 2.48. The lowest BCUT2D eigenvalue weighted by Crippen LogP contribution is -2.30. The third-order valence-electron chi connectivity index (χ3n) is 6.70. The third kappa shape index (κ3) is 4.76. The fourth-order valence-electron chi connectivity index (χ4n) is 4.70. The fraction of sp³-hybridized carbons (Fsp3) is 0.233. The number of carbonyl (C=O) groups is 2. The minimum absolute atomic E-state index is 0.0517. The molecule has 9 heteroatoms. The molecule has 1 atom stereocenters. The highest BCUT2D eigenvalue weighted by atomic mass is 35.5. The number of hydrogen-bond donors (Lipinski definition) is 2. The Hall–Kier alpha value is -4.17. The number of aromatic amines is 1. The number of nitrogens with zero attached hydrogens (tertiary/aromatic N) is 2. The van der Waals surface area contributed by atoms with Crippen molar-refractivity contribution in [3.63, 3.8) is 0 Å². The van der Waals surface area contributed by atoms with Gasteiger partial charge in [0.1, 0.15) is 17.3 Å². The summed E-state index contributed by atoms with van der Waals surface area (Å²) in [5.74, 6) is -2.20. The summed E-state index contributed by atoms with van der Waals surface area (Å²) >= 11 is 6.43. The van der Waals surface area contributed by atoms with Gasteiger partial charge in [-0.2, -0.15) is 0 Å². The van der Waals surface area contributed by atoms with E-state index in [1.54, 1.807) is 12.1 Å². The van der Waals surface area contributed by atoms with E-state index in [1.807, 2.05) is 31.2 Å². The van der Waals surface area contributed by atoms with Crippen LogP contribution in [0.15, 0.2) is 66.2 Å². The van der Waals surface area contributed by atoms with Crippen molar-refractivity contribution < 1.29 is 23.8 Å². The smallest absolute Gasteiger partial charge is 0.302 e. The molecular weight excluding hydrogens is 521 g/mol. The van der Waals surface area contributed by atoms with Crippen molar-refractivity contribution in [2.45, 2.75) is 39.2 Å². The number of Topliss-reactive ketones (excluding diaryl/α,β-unsaturated/α-hetero) is 1. The summed E-state index contributed by atoms with van der Waals surface area (Å²) in [5, 5.41) is 11.7. The van der Waals surface area contributed by atoms with E-state index in [2.05, 4.69) is 30.7 Å². The zero-order valence-electron chi connectivity index (χ0n) is 21.9. The van der Waals surface area contributed by atoms with Crippen LogP contribution in [0.2, 0.25) is 5.02 Å². The molecule has 1 aliphatic rings. The number of H-pyrrole nitrogens is 1. The first-order valence-corrected chi connectivity index (χ1v) is 12.9. The van der Waals surface area contributed by atoms with Crippen LogP contribution in [-0.4, -0.2) is 33.4 Å². The molecule has 1 saturated heterocycles. The van der Waals surface area contributed by atoms with Crippen LogP contribution in [0.4, 0.5) is 10.3 Å². The topological polar surface area (TPSA) is 95.5 Å². The Morgan fingerprint density at radius 2 is 1.82 bits per heavy atom. The molecule has 1 unspecified atom stereocenters. The van der Waals surface area contributed by atoms with Crippen LogP contribution in [0.25, 0.3) is 16.8 Å². The van der Waals surface area contributed by atoms with Gasteiger partial charge in [0.05, 0.1) is 34.3 Å². The normalized spacial score (nSPS) is 17.3. The number of amides is 1. The molecule has 200 valence electrons. The Labute approximate surface area is 229 Å². The molecule has 0 spiro atoms. The Kier molecular flexibility index (Phi) is 6.68. The van der Waals surface area contributed by atoms with E-state index in [0.717, 1.165) is 5.56 Å². The molecule has 0 bridgehead atoms. The predicted molar refractivity (Wildman–Crippen MR) is 149 cm³/mol. The van der Waals surface area contributed by atoms with E-state index >= 15 is 0 Å². The second-order valence-electron chi connectivity index (χ2n) is 10.3. The summed E-state index contributed by atoms with van der Waals surface area (Å²) in [6.45, 7) is 8.44. The summed E-state index contributed by atoms with van der Waals surface area (Å²) in [5.41, 5.74) is 2.29. The average Bonchev–Trinajstić information content (AvgIpc) is 3.42. The van der Waals surface area contributed by atoms with Gasteiger partial charge in [-0.1, -0.05) is 56.6 Å². The van der Waals surface area contributed by atoms with Gasteiger partial charge in [0.2, 0.25) is 5.95 Å². The number of benzene rings is 3. The van der Waals surface area contributed by atoms with Crippen LogP contribution in [-0.2, 0) is 15.0 Å². The van der Waals surface area contributed by atoms with Crippen molar-refractivity contribution in [3.8, 4) is 5.75 Å². The number of ether oxygens (including phenoxy) is 1. The zero-order valence-corrected chi connectivity index (χ0v) is 22.6. The number of aromatic nitrogens is 2. The zero-order chi connectivity index (χ0) is 28.1. The molecule has 1 aliphatic heterocycles. The van der Waals surface area contributed by atoms with E-state index in [1.165, 1.54) is 29.2 Å². The number of hydrogen-bond acceptors (Lipinski definition) is 5. The molecule has 1 fully saturated rings. The summed E-state index contributed by atoms with van der Waals surface area (Å²) < 4.78 is 19.4. The molecular formula is C30H27ClFN3O4. The number of fused-ring (bicyclic) bond motifs is 1. The maximum atomic E-state index is 13.9. The number of nitrogens with one attached hydrogen (secondary N) is 1. The van der Waals surface area contributed by atoms with E-state index in [-0.39, 0.29) is 27.5 Å². The maximum absolute atomic E-state index is 13.9. The van der Waals surface area contributed by atoms with E-state index in [0.29, 0.717) is 29.0 Å². The SMILES string of the molecule is CCOc1ccc(Cl)c(/C(O)=C2\C(=O)C(=O)N(c3nc4ccc(F)cc4[nH]3)C2c2ccc(C(C)(C)C)cc2)c1. The second-order valence-corrected chi connectivity index (χ2v) is 10.7. The van der Waals surface area contributed by atoms with Crippen LogP contribution in [0.3, 0.4) is 0 Å². The monoisotopic (exact) mass is 547 g/mol. The minimum atomic E-state index is -1.03. The number of aliphatic hydroxyl groups is 1. The van der Waals surface area contributed by atoms with Crippen molar-refractivity contribution in [2.75, 3.05) is 11.5 Å². The van der Waals surface area contributed by atoms with Crippen LogP contribution in [0, 0.1) is 5.82 Å². The summed E-state index contributed by atoms with van der Waals surface area (Å²) in [4.78, 5) is 35.6. The summed E-state index contributed by atoms with van der Waals surface area (Å²) in [6.07, 6.45) is 0. The van der Waals surface area contributed by atoms with Crippen molar-refractivity contribution in [3.05, 3.63) is 93.8 Å². The highest BCUT2D eigenvalue weighted by molar-refractivity contribution is 6.51. The van der Waals surface area contributed by atoms with Crippen LogP contribution < -0.4 is 9.64 Å². The third-order valence-corrected chi connectivity index (χ3v) is 7.03. The first-order valence-electron chi connectivity index (χ1n) is 12.5. The number of halogens is 2. The van der Waals surface area contributed by atoms with Gasteiger partial charge in [0.25, 0.3) is 5.78 Å². The minimum Gasteiger partial charge on any atom is -0.507 e. The van der Waals surface area contributed by atoms with Crippen molar-refractivity contribution in [2.24, 2.45) is 0 Å². The Morgan fingerprint density at radius 1 is 1.10 bits per heavy atom. The molecule has 1 amide bonds. The lowest BCUT2D eigenvalue weighted by Gasteiger charge is -2.25. The second kappa shape index (κ2) is 9.85. The van der Waals surface area contributed by atoms with Gasteiger partial charge in [-0.25, -0.2) is 9.37 Å². The number of carbonyl (C=O) groups excluding carboxylic acids is 2. The molecule has 5 rings (SSSR count). The number of anilines is 1. The number of ketones is 1. The van der Waals surface area contributed by atoms with E-state index in [4.69, 9.17) is 16.3 Å². The molecule has 3 aromatic carbocycles. The molecule has 2 N–H and O–H groups in total. The van der Waals surface area contributed by atoms with Crippen molar-refractivity contribution in [1.82, 2.24) is 9.97 Å². The quantitative estimate of drug-likeness (QED) is 0.165. The predicted octanol–water partition coefficient (Wildman–Crippen LogP) is 6.68. The van der Waals surface area contributed by atoms with E-state index < -0.39 is 29.3 Å². The first kappa shape index (κ1) is 26.4. The van der Waals surface area contributed by atoms with Gasteiger partial charge >= 0.3 is 5.91 Å². The van der Waals surface area contributed by atoms with Gasteiger partial charge in [-0.15, -0.1) is 0 Å². The Morgan fingerprint density at radius 3 is 2.49 bits per heavy atom. The van der Waals surface area contributed by atoms with Gasteiger partial charge in [0, 0.05) is 5.56 Å². The molecule has 4 aromatic rings. The number of imidazole rings is 1. The molecule has 7 nitrogen and oxygen atoms in total. The Bertz CT molecular complexity index is 1640. The Balaban J connectivity index is 1.73. The summed E-state index contributed by atoms with van der Waals surface area (Å²) in [6, 6.07) is 15.2. The van der Waals surface area contributed by atoms with Crippen molar-refractivity contribution >= 4 is 46.0 Å². The first-order chi connectivity index (χ1) is 18.5. The average molecular weight is 548 g/mol. The lowest BCUT2D eigenvalue weighted by atomic mass is 9.85. The molecule has 0 saturated carbocycles. The summed E-state index contributed by atoms with van der Waals surface area (Å²) in [7, 11) is 0. The standard InChI is InChI=1S/C30H27ClFN3O4/c1-5-39-19-11-12-21(31)20(15-19)26(36)24-25(16-6-8-17(9-7-16)30(2,3)4)35(28(38)27(24)37)29-33-22-13-10-18(32)14-23(22)34-29/h6-15,25,36H,5H2,1-4H3,(H,33,34)/b26-24+. The fourth-order valence-corrected chi connectivity index (χ4v) is 4.91. The van der Waals surface area contributed by atoms with E-state index in [9.17, 15) is 19.1 Å². The van der Waals surface area contributed by atoms with Gasteiger partial charge in [-0.3, -0.25) is 14.5 Å². The van der Waals surface area contributed by atoms with Gasteiger partial charge < -0.3 is 14.8 Å². The van der Waals surface area contributed by atoms with Gasteiger partial charge in [-0.05, 0) is 59.9 Å².